The van der Waals surface area contributed by atoms with E-state index in [-0.39, 0.29) is 4.75 Å². The third-order valence-electron chi connectivity index (χ3n) is 3.73. The molecule has 1 aromatic carbocycles. The van der Waals surface area contributed by atoms with Crippen molar-refractivity contribution in [1.82, 2.24) is 5.32 Å². The van der Waals surface area contributed by atoms with Crippen LogP contribution in [0.5, 0.6) is 0 Å². The summed E-state index contributed by atoms with van der Waals surface area (Å²) in [5.74, 6) is -0.826. The maximum Gasteiger partial charge on any atom is 0.325 e. The van der Waals surface area contributed by atoms with Gasteiger partial charge in [0.2, 0.25) is 0 Å². The molecule has 0 aliphatic heterocycles. The van der Waals surface area contributed by atoms with Crippen LogP contribution in [0, 0.1) is 0 Å². The lowest BCUT2D eigenvalue weighted by Gasteiger charge is -2.31. The van der Waals surface area contributed by atoms with E-state index in [2.05, 4.69) is 25.4 Å². The van der Waals surface area contributed by atoms with Crippen LogP contribution >= 0.6 is 11.8 Å². The Kier molecular flexibility index (Phi) is 6.38. The average molecular weight is 281 g/mol. The van der Waals surface area contributed by atoms with Crippen LogP contribution in [0.4, 0.5) is 0 Å². The molecule has 0 saturated heterocycles. The number of carboxylic acids is 1. The highest BCUT2D eigenvalue weighted by Crippen LogP contribution is 2.30. The first kappa shape index (κ1) is 16.1. The Bertz CT molecular complexity index is 382. The summed E-state index contributed by atoms with van der Waals surface area (Å²) in [6.07, 6.45) is 4.14. The van der Waals surface area contributed by atoms with Crippen molar-refractivity contribution >= 4 is 17.7 Å². The molecule has 0 bridgehead atoms. The maximum atomic E-state index is 11.4. The molecule has 4 heteroatoms. The molecule has 1 atom stereocenters. The SMILES string of the molecule is CCC(CC)(CNC(C(=O)O)c1ccccc1)SC. The minimum Gasteiger partial charge on any atom is -0.480 e. The topological polar surface area (TPSA) is 49.3 Å². The van der Waals surface area contributed by atoms with Gasteiger partial charge in [-0.15, -0.1) is 0 Å². The van der Waals surface area contributed by atoms with E-state index in [0.717, 1.165) is 18.4 Å². The van der Waals surface area contributed by atoms with Gasteiger partial charge in [-0.3, -0.25) is 10.1 Å². The molecule has 19 heavy (non-hydrogen) atoms. The third-order valence-corrected chi connectivity index (χ3v) is 5.32. The number of aliphatic carboxylic acids is 1. The van der Waals surface area contributed by atoms with E-state index < -0.39 is 12.0 Å². The van der Waals surface area contributed by atoms with Crippen LogP contribution in [0.1, 0.15) is 38.3 Å². The van der Waals surface area contributed by atoms with Gasteiger partial charge in [0.25, 0.3) is 0 Å². The average Bonchev–Trinajstić information content (AvgIpc) is 2.45. The van der Waals surface area contributed by atoms with Crippen molar-refractivity contribution in [3.63, 3.8) is 0 Å². The number of rotatable bonds is 8. The van der Waals surface area contributed by atoms with Gasteiger partial charge >= 0.3 is 5.97 Å². The highest BCUT2D eigenvalue weighted by atomic mass is 32.2. The fraction of sp³-hybridized carbons (Fsp3) is 0.533. The minimum absolute atomic E-state index is 0.114. The smallest absolute Gasteiger partial charge is 0.325 e. The van der Waals surface area contributed by atoms with Crippen LogP contribution in [0.25, 0.3) is 0 Å². The van der Waals surface area contributed by atoms with Crippen LogP contribution in [-0.2, 0) is 4.79 Å². The lowest BCUT2D eigenvalue weighted by molar-refractivity contribution is -0.139. The second kappa shape index (κ2) is 7.56. The molecule has 0 amide bonds. The quantitative estimate of drug-likeness (QED) is 0.767. The standard InChI is InChI=1S/C15H23NO2S/c1-4-15(5-2,19-3)11-16-13(14(17)18)12-9-7-6-8-10-12/h6-10,13,16H,4-5,11H2,1-3H3,(H,17,18). The summed E-state index contributed by atoms with van der Waals surface area (Å²) in [7, 11) is 0. The molecule has 0 aliphatic carbocycles. The molecule has 0 aromatic heterocycles. The van der Waals surface area contributed by atoms with Crippen molar-refractivity contribution in [2.24, 2.45) is 0 Å². The number of nitrogens with one attached hydrogen (secondary N) is 1. The molecule has 1 rings (SSSR count). The van der Waals surface area contributed by atoms with Gasteiger partial charge in [0, 0.05) is 11.3 Å². The van der Waals surface area contributed by atoms with Crippen LogP contribution in [0.3, 0.4) is 0 Å². The number of thioether (sulfide) groups is 1. The van der Waals surface area contributed by atoms with Gasteiger partial charge in [0.15, 0.2) is 0 Å². The van der Waals surface area contributed by atoms with Crippen molar-refractivity contribution in [3.8, 4) is 0 Å². The first-order chi connectivity index (χ1) is 9.08. The Labute approximate surface area is 119 Å². The molecular weight excluding hydrogens is 258 g/mol. The van der Waals surface area contributed by atoms with E-state index in [1.54, 1.807) is 0 Å². The molecule has 0 fully saturated rings. The monoisotopic (exact) mass is 281 g/mol. The lowest BCUT2D eigenvalue weighted by Crippen LogP contribution is -2.40. The Morgan fingerprint density at radius 2 is 1.89 bits per heavy atom. The molecule has 0 spiro atoms. The fourth-order valence-corrected chi connectivity index (χ4v) is 2.95. The second-order valence-electron chi connectivity index (χ2n) is 4.66. The molecule has 3 nitrogen and oxygen atoms in total. The van der Waals surface area contributed by atoms with Crippen LogP contribution in [0.15, 0.2) is 30.3 Å². The van der Waals surface area contributed by atoms with E-state index in [9.17, 15) is 9.90 Å². The summed E-state index contributed by atoms with van der Waals surface area (Å²) in [6, 6.07) is 8.70. The molecule has 0 heterocycles. The zero-order valence-corrected chi connectivity index (χ0v) is 12.7. The van der Waals surface area contributed by atoms with Gasteiger partial charge < -0.3 is 5.11 Å². The molecule has 0 saturated carbocycles. The minimum atomic E-state index is -0.826. The highest BCUT2D eigenvalue weighted by Gasteiger charge is 2.28. The predicted molar refractivity (Wildman–Crippen MR) is 81.6 cm³/mol. The largest absolute Gasteiger partial charge is 0.480 e. The van der Waals surface area contributed by atoms with Gasteiger partial charge in [-0.05, 0) is 24.7 Å². The first-order valence-corrected chi connectivity index (χ1v) is 7.87. The number of hydrogen-bond acceptors (Lipinski definition) is 3. The van der Waals surface area contributed by atoms with Gasteiger partial charge in [0.1, 0.15) is 6.04 Å². The molecule has 106 valence electrons. The highest BCUT2D eigenvalue weighted by molar-refractivity contribution is 8.00. The van der Waals surface area contributed by atoms with Gasteiger partial charge in [-0.2, -0.15) is 11.8 Å². The Morgan fingerprint density at radius 3 is 2.32 bits per heavy atom. The van der Waals surface area contributed by atoms with Gasteiger partial charge in [-0.1, -0.05) is 44.2 Å². The summed E-state index contributed by atoms with van der Waals surface area (Å²) >= 11 is 1.81. The van der Waals surface area contributed by atoms with Crippen molar-refractivity contribution in [2.45, 2.75) is 37.5 Å². The van der Waals surface area contributed by atoms with E-state index >= 15 is 0 Å². The number of benzene rings is 1. The zero-order chi connectivity index (χ0) is 14.3. The summed E-state index contributed by atoms with van der Waals surface area (Å²) in [6.45, 7) is 5.01. The van der Waals surface area contributed by atoms with E-state index in [4.69, 9.17) is 0 Å². The van der Waals surface area contributed by atoms with Crippen LogP contribution in [0.2, 0.25) is 0 Å². The first-order valence-electron chi connectivity index (χ1n) is 6.65. The lowest BCUT2D eigenvalue weighted by atomic mass is 10.0. The van der Waals surface area contributed by atoms with E-state index in [1.807, 2.05) is 42.1 Å². The number of hydrogen-bond donors (Lipinski definition) is 2. The Morgan fingerprint density at radius 1 is 1.32 bits per heavy atom. The maximum absolute atomic E-state index is 11.4. The molecular formula is C15H23NO2S. The van der Waals surface area contributed by atoms with Crippen molar-refractivity contribution in [3.05, 3.63) is 35.9 Å². The van der Waals surface area contributed by atoms with Gasteiger partial charge in [0.05, 0.1) is 0 Å². The fourth-order valence-electron chi connectivity index (χ4n) is 2.14. The zero-order valence-electron chi connectivity index (χ0n) is 11.8. The molecule has 2 N–H and O–H groups in total. The predicted octanol–water partition coefficient (Wildman–Crippen LogP) is 3.32. The van der Waals surface area contributed by atoms with Crippen molar-refractivity contribution in [1.29, 1.82) is 0 Å². The van der Waals surface area contributed by atoms with Crippen LogP contribution < -0.4 is 5.32 Å². The Hall–Kier alpha value is -1.00. The van der Waals surface area contributed by atoms with E-state index in [0.29, 0.717) is 6.54 Å². The van der Waals surface area contributed by atoms with Crippen LogP contribution in [-0.4, -0.2) is 28.6 Å². The second-order valence-corrected chi connectivity index (χ2v) is 5.93. The van der Waals surface area contributed by atoms with Crippen molar-refractivity contribution in [2.75, 3.05) is 12.8 Å². The molecule has 1 unspecified atom stereocenters. The summed E-state index contributed by atoms with van der Waals surface area (Å²) in [5.41, 5.74) is 0.803. The summed E-state index contributed by atoms with van der Waals surface area (Å²) in [5, 5.41) is 12.6. The number of carboxylic acid groups (broad SMARTS) is 1. The third kappa shape index (κ3) is 4.25. The normalized spacial score (nSPS) is 13.2. The Balaban J connectivity index is 2.78. The molecule has 0 radical (unpaired) electrons. The molecule has 1 aromatic rings. The van der Waals surface area contributed by atoms with Crippen molar-refractivity contribution < 1.29 is 9.90 Å². The summed E-state index contributed by atoms with van der Waals surface area (Å²) < 4.78 is 0.114. The summed E-state index contributed by atoms with van der Waals surface area (Å²) in [4.78, 5) is 11.4. The van der Waals surface area contributed by atoms with E-state index in [1.165, 1.54) is 0 Å². The van der Waals surface area contributed by atoms with Gasteiger partial charge in [-0.25, -0.2) is 0 Å². The number of carbonyl (C=O) groups is 1. The molecule has 0 aliphatic rings.